The molecule has 0 aliphatic heterocycles. The van der Waals surface area contributed by atoms with E-state index in [9.17, 15) is 0 Å². The molecule has 3 rings (SSSR count). The molecule has 2 aromatic heterocycles. The van der Waals surface area contributed by atoms with E-state index in [1.54, 1.807) is 16.8 Å². The largest absolute Gasteiger partial charge is 0.236 e. The Kier molecular flexibility index (Phi) is 2.58. The van der Waals surface area contributed by atoms with Gasteiger partial charge in [0.05, 0.1) is 0 Å². The fourth-order valence-electron chi connectivity index (χ4n) is 1.75. The molecule has 5 heteroatoms. The zero-order valence-electron chi connectivity index (χ0n) is 9.21. The summed E-state index contributed by atoms with van der Waals surface area (Å²) in [5, 5.41) is 12.9. The lowest BCUT2D eigenvalue weighted by Crippen LogP contribution is -1.91. The number of aromatic nitrogens is 3. The number of nitriles is 1. The Morgan fingerprint density at radius 3 is 2.89 bits per heavy atom. The number of hydrogen-bond donors (Lipinski definition) is 0. The van der Waals surface area contributed by atoms with Gasteiger partial charge >= 0.3 is 0 Å². The van der Waals surface area contributed by atoms with Gasteiger partial charge in [0.15, 0.2) is 11.3 Å². The molecule has 0 atom stereocenters. The van der Waals surface area contributed by atoms with Crippen LogP contribution in [0.1, 0.15) is 5.69 Å². The summed E-state index contributed by atoms with van der Waals surface area (Å²) in [6.07, 6.45) is 3.64. The standard InChI is InChI=1S/C13H7BrN4/c14-11-3-1-2-9(4-11)10-7-16-13-5-12(6-15)17-18(13)8-10/h1-5,7-8H. The summed E-state index contributed by atoms with van der Waals surface area (Å²) in [5.74, 6) is 0. The van der Waals surface area contributed by atoms with Crippen molar-refractivity contribution in [1.82, 2.24) is 14.6 Å². The van der Waals surface area contributed by atoms with E-state index < -0.39 is 0 Å². The lowest BCUT2D eigenvalue weighted by molar-refractivity contribution is 0.932. The van der Waals surface area contributed by atoms with Crippen molar-refractivity contribution in [3.8, 4) is 17.2 Å². The van der Waals surface area contributed by atoms with E-state index in [4.69, 9.17) is 5.26 Å². The molecule has 0 amide bonds. The Morgan fingerprint density at radius 1 is 1.22 bits per heavy atom. The highest BCUT2D eigenvalue weighted by atomic mass is 79.9. The molecule has 0 aliphatic rings. The monoisotopic (exact) mass is 298 g/mol. The fourth-order valence-corrected chi connectivity index (χ4v) is 2.15. The maximum atomic E-state index is 8.80. The molecule has 0 bridgehead atoms. The molecule has 86 valence electrons. The zero-order valence-corrected chi connectivity index (χ0v) is 10.8. The van der Waals surface area contributed by atoms with Gasteiger partial charge in [-0.3, -0.25) is 0 Å². The number of rotatable bonds is 1. The lowest BCUT2D eigenvalue weighted by Gasteiger charge is -2.02. The van der Waals surface area contributed by atoms with Gasteiger partial charge in [-0.15, -0.1) is 0 Å². The third-order valence-corrected chi connectivity index (χ3v) is 3.08. The third-order valence-electron chi connectivity index (χ3n) is 2.59. The first-order valence-electron chi connectivity index (χ1n) is 5.28. The maximum Gasteiger partial charge on any atom is 0.165 e. The van der Waals surface area contributed by atoms with E-state index in [0.717, 1.165) is 15.6 Å². The van der Waals surface area contributed by atoms with Gasteiger partial charge in [0.25, 0.3) is 0 Å². The fraction of sp³-hybridized carbons (Fsp3) is 0. The van der Waals surface area contributed by atoms with Crippen LogP contribution in [0.15, 0.2) is 47.2 Å². The van der Waals surface area contributed by atoms with Gasteiger partial charge in [-0.05, 0) is 17.7 Å². The molecule has 0 N–H and O–H groups in total. The number of fused-ring (bicyclic) bond motifs is 1. The number of nitrogens with zero attached hydrogens (tertiary/aromatic N) is 4. The quantitative estimate of drug-likeness (QED) is 0.694. The Balaban J connectivity index is 2.16. The SMILES string of the molecule is N#Cc1cc2ncc(-c3cccc(Br)c3)cn2n1. The molecule has 1 aromatic carbocycles. The smallest absolute Gasteiger partial charge is 0.165 e. The minimum Gasteiger partial charge on any atom is -0.236 e. The highest BCUT2D eigenvalue weighted by Gasteiger charge is 2.04. The molecule has 18 heavy (non-hydrogen) atoms. The number of halogens is 1. The molecule has 0 saturated carbocycles. The van der Waals surface area contributed by atoms with Crippen LogP contribution in [0.2, 0.25) is 0 Å². The van der Waals surface area contributed by atoms with E-state index in [0.29, 0.717) is 11.3 Å². The van der Waals surface area contributed by atoms with Crippen LogP contribution in [-0.4, -0.2) is 14.6 Å². The number of hydrogen-bond acceptors (Lipinski definition) is 3. The molecular weight excluding hydrogens is 292 g/mol. The van der Waals surface area contributed by atoms with E-state index >= 15 is 0 Å². The van der Waals surface area contributed by atoms with E-state index in [2.05, 4.69) is 26.0 Å². The van der Waals surface area contributed by atoms with Crippen LogP contribution in [0.5, 0.6) is 0 Å². The molecule has 0 fully saturated rings. The van der Waals surface area contributed by atoms with Crippen molar-refractivity contribution < 1.29 is 0 Å². The van der Waals surface area contributed by atoms with E-state index in [-0.39, 0.29) is 0 Å². The molecule has 2 heterocycles. The maximum absolute atomic E-state index is 8.80. The second-order valence-electron chi connectivity index (χ2n) is 3.80. The Hall–Kier alpha value is -2.19. The molecule has 0 unspecified atom stereocenters. The third kappa shape index (κ3) is 1.87. The van der Waals surface area contributed by atoms with Crippen LogP contribution >= 0.6 is 15.9 Å². The van der Waals surface area contributed by atoms with Gasteiger partial charge in [-0.1, -0.05) is 28.1 Å². The summed E-state index contributed by atoms with van der Waals surface area (Å²) < 4.78 is 2.63. The van der Waals surface area contributed by atoms with Crippen LogP contribution in [0.25, 0.3) is 16.8 Å². The van der Waals surface area contributed by atoms with Crippen LogP contribution in [0, 0.1) is 11.3 Å². The van der Waals surface area contributed by atoms with Crippen molar-refractivity contribution in [3.63, 3.8) is 0 Å². The highest BCUT2D eigenvalue weighted by molar-refractivity contribution is 9.10. The van der Waals surface area contributed by atoms with Crippen molar-refractivity contribution in [3.05, 3.63) is 52.9 Å². The molecule has 0 saturated heterocycles. The van der Waals surface area contributed by atoms with E-state index in [1.807, 2.05) is 36.5 Å². The topological polar surface area (TPSA) is 54.0 Å². The second-order valence-corrected chi connectivity index (χ2v) is 4.71. The van der Waals surface area contributed by atoms with Crippen molar-refractivity contribution in [2.45, 2.75) is 0 Å². The van der Waals surface area contributed by atoms with Gasteiger partial charge in [0.1, 0.15) is 6.07 Å². The number of benzene rings is 1. The van der Waals surface area contributed by atoms with Crippen LogP contribution in [0.3, 0.4) is 0 Å². The van der Waals surface area contributed by atoms with E-state index in [1.165, 1.54) is 0 Å². The summed E-state index contributed by atoms with van der Waals surface area (Å²) in [6.45, 7) is 0. The van der Waals surface area contributed by atoms with Crippen molar-refractivity contribution in [2.75, 3.05) is 0 Å². The second kappa shape index (κ2) is 4.24. The molecule has 0 aliphatic carbocycles. The first-order chi connectivity index (χ1) is 8.76. The zero-order chi connectivity index (χ0) is 12.5. The molecular formula is C13H7BrN4. The first kappa shape index (κ1) is 10.9. The molecule has 3 aromatic rings. The molecule has 0 spiro atoms. The Morgan fingerprint density at radius 2 is 2.11 bits per heavy atom. The predicted octanol–water partition coefficient (Wildman–Crippen LogP) is 3.03. The lowest BCUT2D eigenvalue weighted by atomic mass is 10.1. The summed E-state index contributed by atoms with van der Waals surface area (Å²) in [6, 6.07) is 11.6. The normalized spacial score (nSPS) is 10.4. The van der Waals surface area contributed by atoms with Gasteiger partial charge in [0, 0.05) is 28.5 Å². The predicted molar refractivity (Wildman–Crippen MR) is 70.8 cm³/mol. The van der Waals surface area contributed by atoms with Crippen LogP contribution in [-0.2, 0) is 0 Å². The van der Waals surface area contributed by atoms with Crippen LogP contribution < -0.4 is 0 Å². The average Bonchev–Trinajstić information content (AvgIpc) is 2.80. The molecule has 0 radical (unpaired) electrons. The van der Waals surface area contributed by atoms with Gasteiger partial charge in [-0.2, -0.15) is 10.4 Å². The Bertz CT molecular complexity index is 770. The van der Waals surface area contributed by atoms with Crippen molar-refractivity contribution >= 4 is 21.6 Å². The minimum atomic E-state index is 0.369. The highest BCUT2D eigenvalue weighted by Crippen LogP contribution is 2.22. The van der Waals surface area contributed by atoms with Crippen LogP contribution in [0.4, 0.5) is 0 Å². The van der Waals surface area contributed by atoms with Gasteiger partial charge < -0.3 is 0 Å². The Labute approximate surface area is 112 Å². The summed E-state index contributed by atoms with van der Waals surface area (Å²) >= 11 is 3.44. The first-order valence-corrected chi connectivity index (χ1v) is 6.07. The minimum absolute atomic E-state index is 0.369. The van der Waals surface area contributed by atoms with Crippen molar-refractivity contribution in [2.24, 2.45) is 0 Å². The summed E-state index contributed by atoms with van der Waals surface area (Å²) in [5.41, 5.74) is 3.04. The molecule has 4 nitrogen and oxygen atoms in total. The summed E-state index contributed by atoms with van der Waals surface area (Å²) in [4.78, 5) is 4.29. The van der Waals surface area contributed by atoms with Gasteiger partial charge in [-0.25, -0.2) is 9.50 Å². The summed E-state index contributed by atoms with van der Waals surface area (Å²) in [7, 11) is 0. The van der Waals surface area contributed by atoms with Gasteiger partial charge in [0.2, 0.25) is 0 Å². The van der Waals surface area contributed by atoms with Crippen molar-refractivity contribution in [1.29, 1.82) is 5.26 Å². The average molecular weight is 299 g/mol.